The molecule has 1 fully saturated rings. The molecule has 0 aliphatic carbocycles. The first kappa shape index (κ1) is 13.8. The number of pyridine rings is 1. The molecule has 1 saturated heterocycles. The molecule has 1 aliphatic heterocycles. The van der Waals surface area contributed by atoms with E-state index in [-0.39, 0.29) is 6.04 Å². The molecule has 2 rings (SSSR count). The van der Waals surface area contributed by atoms with Crippen LogP contribution in [0.2, 0.25) is 0 Å². The van der Waals surface area contributed by atoms with E-state index in [0.717, 1.165) is 31.5 Å². The van der Waals surface area contributed by atoms with Crippen molar-refractivity contribution in [2.45, 2.75) is 38.8 Å². The zero-order valence-corrected chi connectivity index (χ0v) is 11.2. The number of rotatable bonds is 5. The molecule has 1 unspecified atom stereocenters. The van der Waals surface area contributed by atoms with Crippen LogP contribution in [0.4, 0.5) is 0 Å². The number of carboxylic acids is 1. The van der Waals surface area contributed by atoms with Crippen molar-refractivity contribution in [2.75, 3.05) is 13.2 Å². The fraction of sp³-hybridized carbons (Fsp3) is 0.571. The van der Waals surface area contributed by atoms with Crippen molar-refractivity contribution in [2.24, 2.45) is 0 Å². The van der Waals surface area contributed by atoms with E-state index >= 15 is 0 Å². The van der Waals surface area contributed by atoms with Crippen molar-refractivity contribution in [3.8, 4) is 5.88 Å². The highest BCUT2D eigenvalue weighted by Crippen LogP contribution is 2.20. The van der Waals surface area contributed by atoms with Crippen LogP contribution >= 0.6 is 0 Å². The summed E-state index contributed by atoms with van der Waals surface area (Å²) in [5.41, 5.74) is 0.860. The van der Waals surface area contributed by atoms with Gasteiger partial charge in [0.1, 0.15) is 6.04 Å². The predicted octanol–water partition coefficient (Wildman–Crippen LogP) is 1.92. The molecule has 5 heteroatoms. The zero-order valence-electron chi connectivity index (χ0n) is 11.2. The van der Waals surface area contributed by atoms with Gasteiger partial charge in [-0.1, -0.05) is 12.5 Å². The molecule has 0 radical (unpaired) electrons. The maximum atomic E-state index is 11.2. The molecule has 1 atom stereocenters. The lowest BCUT2D eigenvalue weighted by molar-refractivity contribution is -0.144. The standard InChI is InChI=1S/C14H20N2O3/c1-2-19-13-8-5-6-11(15-13)10-16-9-4-3-7-12(16)14(17)18/h5-6,8,12H,2-4,7,9-10H2,1H3,(H,17,18). The molecule has 19 heavy (non-hydrogen) atoms. The molecular formula is C14H20N2O3. The summed E-state index contributed by atoms with van der Waals surface area (Å²) >= 11 is 0. The van der Waals surface area contributed by atoms with Gasteiger partial charge in [-0.3, -0.25) is 9.69 Å². The highest BCUT2D eigenvalue weighted by molar-refractivity contribution is 5.73. The number of likely N-dealkylation sites (tertiary alicyclic amines) is 1. The average Bonchev–Trinajstić information content (AvgIpc) is 2.40. The molecule has 0 aromatic carbocycles. The average molecular weight is 264 g/mol. The lowest BCUT2D eigenvalue weighted by atomic mass is 10.0. The number of aliphatic carboxylic acids is 1. The molecule has 104 valence electrons. The minimum atomic E-state index is -0.735. The van der Waals surface area contributed by atoms with Crippen LogP contribution in [0.25, 0.3) is 0 Å². The summed E-state index contributed by atoms with van der Waals surface area (Å²) < 4.78 is 5.36. The van der Waals surface area contributed by atoms with Gasteiger partial charge in [0.2, 0.25) is 5.88 Å². The number of carboxylic acid groups (broad SMARTS) is 1. The van der Waals surface area contributed by atoms with Gasteiger partial charge in [-0.2, -0.15) is 0 Å². The molecule has 0 amide bonds. The van der Waals surface area contributed by atoms with Gasteiger partial charge in [-0.05, 0) is 32.4 Å². The highest BCUT2D eigenvalue weighted by Gasteiger charge is 2.28. The third-order valence-corrected chi connectivity index (χ3v) is 3.34. The Morgan fingerprint density at radius 3 is 3.11 bits per heavy atom. The summed E-state index contributed by atoms with van der Waals surface area (Å²) in [6, 6.07) is 5.24. The molecule has 5 nitrogen and oxygen atoms in total. The summed E-state index contributed by atoms with van der Waals surface area (Å²) in [5, 5.41) is 9.24. The van der Waals surface area contributed by atoms with Crippen molar-refractivity contribution in [3.05, 3.63) is 23.9 Å². The van der Waals surface area contributed by atoms with Gasteiger partial charge in [-0.25, -0.2) is 4.98 Å². The Morgan fingerprint density at radius 2 is 2.37 bits per heavy atom. The Balaban J connectivity index is 2.06. The lowest BCUT2D eigenvalue weighted by Crippen LogP contribution is -2.44. The van der Waals surface area contributed by atoms with Crippen LogP contribution in [-0.2, 0) is 11.3 Å². The first-order valence-electron chi connectivity index (χ1n) is 6.76. The first-order chi connectivity index (χ1) is 9.20. The quantitative estimate of drug-likeness (QED) is 0.880. The molecule has 1 aromatic heterocycles. The second-order valence-corrected chi connectivity index (χ2v) is 4.72. The van der Waals surface area contributed by atoms with Gasteiger partial charge in [-0.15, -0.1) is 0 Å². The van der Waals surface area contributed by atoms with Gasteiger partial charge < -0.3 is 9.84 Å². The summed E-state index contributed by atoms with van der Waals surface area (Å²) in [6.45, 7) is 3.88. The maximum Gasteiger partial charge on any atom is 0.320 e. The van der Waals surface area contributed by atoms with E-state index in [1.165, 1.54) is 0 Å². The van der Waals surface area contributed by atoms with Crippen LogP contribution in [0.3, 0.4) is 0 Å². The third kappa shape index (κ3) is 3.67. The minimum Gasteiger partial charge on any atom is -0.480 e. The van der Waals surface area contributed by atoms with E-state index in [2.05, 4.69) is 4.98 Å². The molecule has 0 saturated carbocycles. The summed E-state index contributed by atoms with van der Waals surface area (Å²) in [4.78, 5) is 17.6. The Hall–Kier alpha value is -1.62. The van der Waals surface area contributed by atoms with Crippen LogP contribution < -0.4 is 4.74 Å². The van der Waals surface area contributed by atoms with Crippen molar-refractivity contribution < 1.29 is 14.6 Å². The second kappa shape index (κ2) is 6.52. The topological polar surface area (TPSA) is 62.7 Å². The second-order valence-electron chi connectivity index (χ2n) is 4.72. The van der Waals surface area contributed by atoms with Crippen molar-refractivity contribution in [1.82, 2.24) is 9.88 Å². The normalized spacial score (nSPS) is 20.2. The highest BCUT2D eigenvalue weighted by atomic mass is 16.5. The largest absolute Gasteiger partial charge is 0.480 e. The smallest absolute Gasteiger partial charge is 0.320 e. The number of hydrogen-bond acceptors (Lipinski definition) is 4. The maximum absolute atomic E-state index is 11.2. The summed E-state index contributed by atoms with van der Waals surface area (Å²) in [6.07, 6.45) is 2.76. The Kier molecular flexibility index (Phi) is 4.74. The number of nitrogens with zero attached hydrogens (tertiary/aromatic N) is 2. The molecule has 1 aromatic rings. The van der Waals surface area contributed by atoms with E-state index in [4.69, 9.17) is 4.74 Å². The third-order valence-electron chi connectivity index (χ3n) is 3.34. The fourth-order valence-electron chi connectivity index (χ4n) is 2.44. The number of carbonyl (C=O) groups is 1. The Labute approximate surface area is 113 Å². The fourth-order valence-corrected chi connectivity index (χ4v) is 2.44. The van der Waals surface area contributed by atoms with E-state index in [0.29, 0.717) is 19.0 Å². The monoisotopic (exact) mass is 264 g/mol. The zero-order chi connectivity index (χ0) is 13.7. The SMILES string of the molecule is CCOc1cccc(CN2CCCCC2C(=O)O)n1. The summed E-state index contributed by atoms with van der Waals surface area (Å²) in [7, 11) is 0. The van der Waals surface area contributed by atoms with Crippen LogP contribution in [-0.4, -0.2) is 40.2 Å². The van der Waals surface area contributed by atoms with Crippen molar-refractivity contribution in [1.29, 1.82) is 0 Å². The van der Waals surface area contributed by atoms with Gasteiger partial charge >= 0.3 is 5.97 Å². The predicted molar refractivity (Wildman–Crippen MR) is 71.1 cm³/mol. The molecule has 0 spiro atoms. The van der Waals surface area contributed by atoms with Gasteiger partial charge in [0.15, 0.2) is 0 Å². The van der Waals surface area contributed by atoms with Crippen molar-refractivity contribution >= 4 is 5.97 Å². The minimum absolute atomic E-state index is 0.383. The molecule has 0 bridgehead atoms. The first-order valence-corrected chi connectivity index (χ1v) is 6.76. The number of ether oxygens (including phenoxy) is 1. The van der Waals surface area contributed by atoms with Gasteiger partial charge in [0, 0.05) is 12.6 Å². The number of piperidine rings is 1. The Bertz CT molecular complexity index is 436. The molecule has 2 heterocycles. The van der Waals surface area contributed by atoms with E-state index in [1.54, 1.807) is 0 Å². The van der Waals surface area contributed by atoms with E-state index < -0.39 is 5.97 Å². The van der Waals surface area contributed by atoms with Crippen molar-refractivity contribution in [3.63, 3.8) is 0 Å². The number of hydrogen-bond donors (Lipinski definition) is 1. The Morgan fingerprint density at radius 1 is 1.53 bits per heavy atom. The van der Waals surface area contributed by atoms with E-state index in [9.17, 15) is 9.90 Å². The molecule has 1 aliphatic rings. The van der Waals surface area contributed by atoms with Crippen LogP contribution in [0.5, 0.6) is 5.88 Å². The van der Waals surface area contributed by atoms with Crippen LogP contribution in [0.15, 0.2) is 18.2 Å². The van der Waals surface area contributed by atoms with Crippen LogP contribution in [0.1, 0.15) is 31.9 Å². The molecular weight excluding hydrogens is 244 g/mol. The van der Waals surface area contributed by atoms with Gasteiger partial charge in [0.25, 0.3) is 0 Å². The van der Waals surface area contributed by atoms with Crippen LogP contribution in [0, 0.1) is 0 Å². The lowest BCUT2D eigenvalue weighted by Gasteiger charge is -2.32. The van der Waals surface area contributed by atoms with Gasteiger partial charge in [0.05, 0.1) is 12.3 Å². The summed E-state index contributed by atoms with van der Waals surface area (Å²) in [5.74, 6) is -0.135. The van der Waals surface area contributed by atoms with E-state index in [1.807, 2.05) is 30.0 Å². The number of aromatic nitrogens is 1. The molecule has 1 N–H and O–H groups in total.